The van der Waals surface area contributed by atoms with Crippen LogP contribution in [0.25, 0.3) is 0 Å². The summed E-state index contributed by atoms with van der Waals surface area (Å²) < 4.78 is 0. The van der Waals surface area contributed by atoms with Crippen molar-refractivity contribution in [3.8, 4) is 0 Å². The quantitative estimate of drug-likeness (QED) is 0.371. The van der Waals surface area contributed by atoms with Crippen molar-refractivity contribution in [2.45, 2.75) is 32.8 Å². The fraction of sp³-hybridized carbons (Fsp3) is 0.350. The van der Waals surface area contributed by atoms with Crippen molar-refractivity contribution in [3.63, 3.8) is 0 Å². The first-order chi connectivity index (χ1) is 12.8. The van der Waals surface area contributed by atoms with Gasteiger partial charge in [-0.05, 0) is 56.5 Å². The minimum atomic E-state index is -0.484. The van der Waals surface area contributed by atoms with Gasteiger partial charge in [0.1, 0.15) is 5.69 Å². The fourth-order valence-electron chi connectivity index (χ4n) is 3.26. The predicted molar refractivity (Wildman–Crippen MR) is 108 cm³/mol. The molecule has 0 saturated carbocycles. The summed E-state index contributed by atoms with van der Waals surface area (Å²) in [5.74, 6) is 0. The topological polar surface area (TPSA) is 105 Å². The average molecular weight is 368 g/mol. The molecule has 2 aromatic carbocycles. The molecular formula is C20H24N4O3. The normalized spacial score (nSPS) is 15.8. The molecule has 0 aliphatic carbocycles. The summed E-state index contributed by atoms with van der Waals surface area (Å²) in [5.41, 5.74) is 10.0. The molecule has 0 bridgehead atoms. The van der Waals surface area contributed by atoms with Crippen molar-refractivity contribution in [2.75, 3.05) is 23.7 Å². The van der Waals surface area contributed by atoms with Crippen LogP contribution in [0.3, 0.4) is 0 Å². The zero-order valence-electron chi connectivity index (χ0n) is 15.6. The van der Waals surface area contributed by atoms with Gasteiger partial charge in [0.25, 0.3) is 5.69 Å². The van der Waals surface area contributed by atoms with E-state index in [4.69, 9.17) is 5.73 Å². The number of piperidine rings is 1. The summed E-state index contributed by atoms with van der Waals surface area (Å²) in [6, 6.07) is 10.8. The van der Waals surface area contributed by atoms with Crippen LogP contribution < -0.4 is 10.6 Å². The first-order valence-electron chi connectivity index (χ1n) is 8.98. The number of nitro groups is 1. The van der Waals surface area contributed by atoms with E-state index in [1.807, 2.05) is 26.0 Å². The number of aliphatic imine (C=N–C) groups is 1. The van der Waals surface area contributed by atoms with Crippen molar-refractivity contribution in [2.24, 2.45) is 4.99 Å². The average Bonchev–Trinajstić information content (AvgIpc) is 2.64. The molecule has 27 heavy (non-hydrogen) atoms. The van der Waals surface area contributed by atoms with E-state index in [0.29, 0.717) is 11.3 Å². The summed E-state index contributed by atoms with van der Waals surface area (Å²) >= 11 is 0. The molecule has 7 heteroatoms. The standard InChI is InChI=1S/C20H24N4O3/c1-13-11-16(23-9-7-17(25)8-10-23)4-6-19(13)22-14(2)15-3-5-18(21)20(12-15)24(26)27/h3-6,11-12,17,25H,7-10,21H2,1-2H3/b22-14+. The van der Waals surface area contributed by atoms with Crippen molar-refractivity contribution < 1.29 is 10.0 Å². The molecule has 7 nitrogen and oxygen atoms in total. The van der Waals surface area contributed by atoms with Gasteiger partial charge >= 0.3 is 0 Å². The highest BCUT2D eigenvalue weighted by atomic mass is 16.6. The molecule has 1 fully saturated rings. The molecule has 1 heterocycles. The van der Waals surface area contributed by atoms with Crippen molar-refractivity contribution >= 4 is 28.5 Å². The zero-order chi connectivity index (χ0) is 19.6. The second kappa shape index (κ2) is 7.75. The zero-order valence-corrected chi connectivity index (χ0v) is 15.6. The Kier molecular flexibility index (Phi) is 5.41. The number of benzene rings is 2. The number of aliphatic hydroxyl groups excluding tert-OH is 1. The SMILES string of the molecule is C/C(=N\c1ccc(N2CCC(O)CC2)cc1C)c1ccc(N)c([N+](=O)[O-])c1. The van der Waals surface area contributed by atoms with E-state index in [-0.39, 0.29) is 17.5 Å². The number of hydrogen-bond acceptors (Lipinski definition) is 6. The number of nitrogen functional groups attached to an aromatic ring is 1. The molecule has 0 atom stereocenters. The molecule has 0 unspecified atom stereocenters. The number of nitrogens with zero attached hydrogens (tertiary/aromatic N) is 3. The maximum atomic E-state index is 11.1. The van der Waals surface area contributed by atoms with Gasteiger partial charge in [-0.1, -0.05) is 6.07 Å². The Hall–Kier alpha value is -2.93. The van der Waals surface area contributed by atoms with Crippen molar-refractivity contribution in [1.82, 2.24) is 0 Å². The molecule has 2 aromatic rings. The number of nitro benzene ring substituents is 1. The van der Waals surface area contributed by atoms with E-state index in [0.717, 1.165) is 42.9 Å². The molecule has 1 saturated heterocycles. The minimum Gasteiger partial charge on any atom is -0.393 e. The Morgan fingerprint density at radius 2 is 1.96 bits per heavy atom. The van der Waals surface area contributed by atoms with Gasteiger partial charge in [-0.25, -0.2) is 0 Å². The third-order valence-corrected chi connectivity index (χ3v) is 4.94. The van der Waals surface area contributed by atoms with Gasteiger partial charge in [-0.2, -0.15) is 0 Å². The molecule has 0 aromatic heterocycles. The second-order valence-electron chi connectivity index (χ2n) is 6.92. The van der Waals surface area contributed by atoms with E-state index >= 15 is 0 Å². The first-order valence-corrected chi connectivity index (χ1v) is 8.98. The first kappa shape index (κ1) is 18.8. The third kappa shape index (κ3) is 4.25. The predicted octanol–water partition coefficient (Wildman–Crippen LogP) is 3.59. The Bertz CT molecular complexity index is 887. The van der Waals surface area contributed by atoms with Gasteiger partial charge < -0.3 is 15.7 Å². The molecule has 1 aliphatic heterocycles. The van der Waals surface area contributed by atoms with Gasteiger partial charge in [-0.3, -0.25) is 15.1 Å². The van der Waals surface area contributed by atoms with Crippen LogP contribution >= 0.6 is 0 Å². The van der Waals surface area contributed by atoms with Crippen LogP contribution in [0, 0.1) is 17.0 Å². The Labute approximate surface area is 158 Å². The summed E-state index contributed by atoms with van der Waals surface area (Å²) in [5, 5.41) is 20.7. The molecular weight excluding hydrogens is 344 g/mol. The number of rotatable bonds is 4. The number of anilines is 2. The maximum Gasteiger partial charge on any atom is 0.292 e. The van der Waals surface area contributed by atoms with Crippen LogP contribution in [0.15, 0.2) is 41.4 Å². The van der Waals surface area contributed by atoms with Gasteiger partial charge in [0, 0.05) is 36.1 Å². The lowest BCUT2D eigenvalue weighted by atomic mass is 10.1. The summed E-state index contributed by atoms with van der Waals surface area (Å²) in [6.45, 7) is 5.52. The Morgan fingerprint density at radius 3 is 2.59 bits per heavy atom. The van der Waals surface area contributed by atoms with E-state index in [2.05, 4.69) is 16.0 Å². The lowest BCUT2D eigenvalue weighted by molar-refractivity contribution is -0.383. The highest BCUT2D eigenvalue weighted by molar-refractivity contribution is 6.01. The molecule has 0 amide bonds. The van der Waals surface area contributed by atoms with Gasteiger partial charge in [-0.15, -0.1) is 0 Å². The molecule has 142 valence electrons. The van der Waals surface area contributed by atoms with E-state index < -0.39 is 4.92 Å². The molecule has 3 rings (SSSR count). The fourth-order valence-corrected chi connectivity index (χ4v) is 3.26. The van der Waals surface area contributed by atoms with Crippen LogP contribution in [-0.2, 0) is 0 Å². The van der Waals surface area contributed by atoms with Crippen LogP contribution in [0.5, 0.6) is 0 Å². The summed E-state index contributed by atoms with van der Waals surface area (Å²) in [6.07, 6.45) is 1.37. The van der Waals surface area contributed by atoms with Crippen LogP contribution in [0.2, 0.25) is 0 Å². The lowest BCUT2D eigenvalue weighted by Crippen LogP contribution is -2.35. The van der Waals surface area contributed by atoms with Gasteiger partial charge in [0.2, 0.25) is 0 Å². The van der Waals surface area contributed by atoms with Crippen LogP contribution in [-0.4, -0.2) is 34.9 Å². The highest BCUT2D eigenvalue weighted by Crippen LogP contribution is 2.28. The molecule has 3 N–H and O–H groups in total. The van der Waals surface area contributed by atoms with E-state index in [9.17, 15) is 15.2 Å². The second-order valence-corrected chi connectivity index (χ2v) is 6.92. The largest absolute Gasteiger partial charge is 0.393 e. The molecule has 0 radical (unpaired) electrons. The number of nitrogens with two attached hydrogens (primary N) is 1. The molecule has 0 spiro atoms. The van der Waals surface area contributed by atoms with E-state index in [1.165, 1.54) is 12.1 Å². The van der Waals surface area contributed by atoms with Gasteiger partial charge in [0.15, 0.2) is 0 Å². The van der Waals surface area contributed by atoms with Crippen molar-refractivity contribution in [1.29, 1.82) is 0 Å². The van der Waals surface area contributed by atoms with E-state index in [1.54, 1.807) is 6.07 Å². The minimum absolute atomic E-state index is 0.110. The van der Waals surface area contributed by atoms with Crippen LogP contribution in [0.4, 0.5) is 22.7 Å². The van der Waals surface area contributed by atoms with Gasteiger partial charge in [0.05, 0.1) is 16.7 Å². The maximum absolute atomic E-state index is 11.1. The summed E-state index contributed by atoms with van der Waals surface area (Å²) in [7, 11) is 0. The molecule has 1 aliphatic rings. The Morgan fingerprint density at radius 1 is 1.26 bits per heavy atom. The summed E-state index contributed by atoms with van der Waals surface area (Å²) in [4.78, 5) is 17.5. The number of aryl methyl sites for hydroxylation is 1. The smallest absolute Gasteiger partial charge is 0.292 e. The number of hydrogen-bond donors (Lipinski definition) is 2. The number of aliphatic hydroxyl groups is 1. The Balaban J connectivity index is 1.84. The monoisotopic (exact) mass is 368 g/mol. The lowest BCUT2D eigenvalue weighted by Gasteiger charge is -2.31. The highest BCUT2D eigenvalue weighted by Gasteiger charge is 2.18. The van der Waals surface area contributed by atoms with Crippen LogP contribution in [0.1, 0.15) is 30.9 Å². The third-order valence-electron chi connectivity index (χ3n) is 4.94. The van der Waals surface area contributed by atoms with Crippen molar-refractivity contribution in [3.05, 3.63) is 57.6 Å².